The number of hydrogen-bond acceptors (Lipinski definition) is 5. The molecule has 1 aromatic carbocycles. The molecule has 11 heteroatoms. The predicted molar refractivity (Wildman–Crippen MR) is 126 cm³/mol. The van der Waals surface area contributed by atoms with Crippen molar-refractivity contribution in [1.29, 1.82) is 5.41 Å². The second kappa shape index (κ2) is 11.8. The van der Waals surface area contributed by atoms with Crippen LogP contribution in [0.2, 0.25) is 10.0 Å². The van der Waals surface area contributed by atoms with Gasteiger partial charge in [0.05, 0.1) is 33.5 Å². The number of ketones is 1. The molecule has 2 rings (SSSR count). The van der Waals surface area contributed by atoms with Gasteiger partial charge in [-0.15, -0.1) is 0 Å². The normalized spacial score (nSPS) is 19.1. The first-order valence-electron chi connectivity index (χ1n) is 10.6. The van der Waals surface area contributed by atoms with Gasteiger partial charge in [-0.05, 0) is 56.2 Å². The molecule has 186 valence electrons. The summed E-state index contributed by atoms with van der Waals surface area (Å²) in [7, 11) is 0. The van der Waals surface area contributed by atoms with E-state index in [0.717, 1.165) is 0 Å². The first kappa shape index (κ1) is 27.7. The molecule has 34 heavy (non-hydrogen) atoms. The van der Waals surface area contributed by atoms with E-state index in [1.807, 2.05) is 0 Å². The van der Waals surface area contributed by atoms with E-state index in [0.29, 0.717) is 43.9 Å². The number of carbonyl (C=O) groups excluding carboxylic acids is 2. The molecule has 0 unspecified atom stereocenters. The van der Waals surface area contributed by atoms with Gasteiger partial charge in [-0.3, -0.25) is 9.59 Å². The van der Waals surface area contributed by atoms with Crippen LogP contribution in [0, 0.1) is 18.3 Å². The SMILES string of the molecule is C=C(O)CC1CCC(N/C(=C(\C=N)C(=O)NCC(=O)c2c(Cl)cc(C)cc2Cl)C(F)(F)F)CC1. The minimum absolute atomic E-state index is 0.0396. The summed E-state index contributed by atoms with van der Waals surface area (Å²) < 4.78 is 41.3. The Balaban J connectivity index is 2.15. The number of Topliss-reactive ketones (excluding diaryl/α,β-unsaturated/α-hetero) is 1. The quantitative estimate of drug-likeness (QED) is 0.146. The molecule has 1 saturated carbocycles. The van der Waals surface area contributed by atoms with Gasteiger partial charge in [-0.25, -0.2) is 0 Å². The third-order valence-corrected chi connectivity index (χ3v) is 6.13. The van der Waals surface area contributed by atoms with Crippen LogP contribution in [0.3, 0.4) is 0 Å². The molecule has 0 atom stereocenters. The van der Waals surface area contributed by atoms with Crippen LogP contribution in [0.4, 0.5) is 13.2 Å². The number of nitrogens with one attached hydrogen (secondary N) is 3. The number of aryl methyl sites for hydroxylation is 1. The Labute approximate surface area is 205 Å². The number of aliphatic hydroxyl groups excluding tert-OH is 1. The van der Waals surface area contributed by atoms with Gasteiger partial charge < -0.3 is 21.1 Å². The average molecular weight is 520 g/mol. The smallest absolute Gasteiger partial charge is 0.431 e. The molecule has 4 N–H and O–H groups in total. The second-order valence-electron chi connectivity index (χ2n) is 8.27. The standard InChI is InChI=1S/C23H26Cl2F3N3O3/c1-12-7-17(24)20(18(25)8-12)19(33)11-30-22(34)16(10-29)21(23(26,27)28)31-15-5-3-14(4-6-15)9-13(2)32/h7-8,10,14-15,29,31-32H,2-6,9,11H2,1H3,(H,30,34)/b21-16+,29-10?. The van der Waals surface area contributed by atoms with E-state index < -0.39 is 41.7 Å². The molecule has 1 amide bonds. The maximum Gasteiger partial charge on any atom is 0.431 e. The van der Waals surface area contributed by atoms with Crippen molar-refractivity contribution in [2.45, 2.75) is 51.2 Å². The van der Waals surface area contributed by atoms with E-state index in [4.69, 9.17) is 28.6 Å². The fourth-order valence-corrected chi connectivity index (χ4v) is 4.73. The zero-order valence-corrected chi connectivity index (χ0v) is 20.0. The Morgan fingerprint density at radius 1 is 1.21 bits per heavy atom. The summed E-state index contributed by atoms with van der Waals surface area (Å²) in [6.45, 7) is 4.51. The molecule has 1 aromatic rings. The van der Waals surface area contributed by atoms with Crippen LogP contribution in [-0.4, -0.2) is 41.8 Å². The zero-order chi connectivity index (χ0) is 25.6. The number of aliphatic hydroxyl groups is 1. The van der Waals surface area contributed by atoms with Crippen molar-refractivity contribution in [2.75, 3.05) is 6.54 Å². The maximum atomic E-state index is 13.8. The van der Waals surface area contributed by atoms with E-state index in [2.05, 4.69) is 17.2 Å². The number of benzene rings is 1. The molecule has 0 aromatic heterocycles. The van der Waals surface area contributed by atoms with Crippen LogP contribution in [0.25, 0.3) is 0 Å². The van der Waals surface area contributed by atoms with Crippen LogP contribution < -0.4 is 10.6 Å². The Hall–Kier alpha value is -2.52. The second-order valence-corrected chi connectivity index (χ2v) is 9.09. The van der Waals surface area contributed by atoms with Crippen molar-refractivity contribution in [3.8, 4) is 0 Å². The van der Waals surface area contributed by atoms with Gasteiger partial charge in [0.25, 0.3) is 5.91 Å². The summed E-state index contributed by atoms with van der Waals surface area (Å²) in [5.41, 5.74) is -1.62. The lowest BCUT2D eigenvalue weighted by molar-refractivity contribution is -0.119. The zero-order valence-electron chi connectivity index (χ0n) is 18.5. The molecular formula is C23H26Cl2F3N3O3. The number of alkyl halides is 3. The Morgan fingerprint density at radius 3 is 2.24 bits per heavy atom. The molecule has 0 saturated heterocycles. The lowest BCUT2D eigenvalue weighted by Gasteiger charge is -2.31. The Kier molecular flexibility index (Phi) is 9.58. The molecule has 1 aliphatic rings. The van der Waals surface area contributed by atoms with Gasteiger partial charge in [0.15, 0.2) is 5.78 Å². The van der Waals surface area contributed by atoms with Crippen molar-refractivity contribution in [2.24, 2.45) is 5.92 Å². The topological polar surface area (TPSA) is 102 Å². The largest absolute Gasteiger partial charge is 0.513 e. The number of allylic oxidation sites excluding steroid dienone is 2. The minimum atomic E-state index is -4.92. The van der Waals surface area contributed by atoms with Gasteiger partial charge in [-0.1, -0.05) is 29.8 Å². The lowest BCUT2D eigenvalue weighted by Crippen LogP contribution is -2.41. The molecule has 1 fully saturated rings. The highest BCUT2D eigenvalue weighted by Gasteiger charge is 2.39. The van der Waals surface area contributed by atoms with E-state index in [1.54, 1.807) is 6.92 Å². The van der Waals surface area contributed by atoms with Gasteiger partial charge >= 0.3 is 6.18 Å². The van der Waals surface area contributed by atoms with E-state index in [-0.39, 0.29) is 27.3 Å². The van der Waals surface area contributed by atoms with Gasteiger partial charge in [0, 0.05) is 18.7 Å². The highest BCUT2D eigenvalue weighted by molar-refractivity contribution is 6.40. The molecule has 0 heterocycles. The van der Waals surface area contributed by atoms with Crippen LogP contribution in [0.1, 0.15) is 48.0 Å². The summed E-state index contributed by atoms with van der Waals surface area (Å²) in [6.07, 6.45) is -2.26. The molecule has 0 radical (unpaired) electrons. The Morgan fingerprint density at radius 2 is 1.76 bits per heavy atom. The average Bonchev–Trinajstić information content (AvgIpc) is 2.71. The molecule has 1 aliphatic carbocycles. The van der Waals surface area contributed by atoms with Crippen molar-refractivity contribution in [3.05, 3.63) is 56.9 Å². The summed E-state index contributed by atoms with van der Waals surface area (Å²) in [5.74, 6) is -1.74. The number of hydrogen-bond donors (Lipinski definition) is 4. The lowest BCUT2D eigenvalue weighted by atomic mass is 9.83. The number of carbonyl (C=O) groups is 2. The van der Waals surface area contributed by atoms with Gasteiger partial charge in [-0.2, -0.15) is 13.2 Å². The third kappa shape index (κ3) is 7.50. The van der Waals surface area contributed by atoms with Crippen LogP contribution in [-0.2, 0) is 4.79 Å². The maximum absolute atomic E-state index is 13.8. The number of amides is 1. The van der Waals surface area contributed by atoms with Crippen molar-refractivity contribution in [1.82, 2.24) is 10.6 Å². The van der Waals surface area contributed by atoms with Gasteiger partial charge in [0.1, 0.15) is 5.70 Å². The van der Waals surface area contributed by atoms with Crippen molar-refractivity contribution in [3.63, 3.8) is 0 Å². The summed E-state index contributed by atoms with van der Waals surface area (Å²) in [6, 6.07) is 2.44. The monoisotopic (exact) mass is 519 g/mol. The fraction of sp³-hybridized carbons (Fsp3) is 0.435. The summed E-state index contributed by atoms with van der Waals surface area (Å²) >= 11 is 12.1. The van der Waals surface area contributed by atoms with E-state index in [9.17, 15) is 27.9 Å². The first-order chi connectivity index (χ1) is 15.8. The first-order valence-corrected chi connectivity index (χ1v) is 11.3. The molecule has 0 spiro atoms. The number of rotatable bonds is 9. The fourth-order valence-electron chi connectivity index (χ4n) is 3.92. The highest BCUT2D eigenvalue weighted by atomic mass is 35.5. The number of halogens is 5. The van der Waals surface area contributed by atoms with Crippen LogP contribution >= 0.6 is 23.2 Å². The van der Waals surface area contributed by atoms with E-state index in [1.165, 1.54) is 12.1 Å². The van der Waals surface area contributed by atoms with E-state index >= 15 is 0 Å². The molecule has 0 bridgehead atoms. The van der Waals surface area contributed by atoms with Crippen LogP contribution in [0.15, 0.2) is 35.7 Å². The summed E-state index contributed by atoms with van der Waals surface area (Å²) in [4.78, 5) is 25.0. The predicted octanol–water partition coefficient (Wildman–Crippen LogP) is 5.68. The van der Waals surface area contributed by atoms with Crippen LogP contribution in [0.5, 0.6) is 0 Å². The molecule has 0 aliphatic heterocycles. The van der Waals surface area contributed by atoms with Gasteiger partial charge in [0.2, 0.25) is 0 Å². The van der Waals surface area contributed by atoms with Crippen molar-refractivity contribution < 1.29 is 27.9 Å². The summed E-state index contributed by atoms with van der Waals surface area (Å²) in [5, 5.41) is 21.4. The highest BCUT2D eigenvalue weighted by Crippen LogP contribution is 2.32. The molecule has 6 nitrogen and oxygen atoms in total. The third-order valence-electron chi connectivity index (χ3n) is 5.54. The van der Waals surface area contributed by atoms with Crippen molar-refractivity contribution >= 4 is 41.1 Å². The molecular weight excluding hydrogens is 494 g/mol. The Bertz CT molecular complexity index is 978. The minimum Gasteiger partial charge on any atom is -0.513 e.